The van der Waals surface area contributed by atoms with Crippen LogP contribution in [0.4, 0.5) is 0 Å². The quantitative estimate of drug-likeness (QED) is 0.540. The number of esters is 1. The lowest BCUT2D eigenvalue weighted by Gasteiger charge is -2.17. The van der Waals surface area contributed by atoms with Crippen molar-refractivity contribution in [2.45, 2.75) is 27.7 Å². The smallest absolute Gasteiger partial charge is 0.316 e. The monoisotopic (exact) mass is 226 g/mol. The van der Waals surface area contributed by atoms with Crippen molar-refractivity contribution in [1.29, 1.82) is 0 Å². The molecular weight excluding hydrogens is 212 g/mol. The van der Waals surface area contributed by atoms with E-state index in [1.807, 2.05) is 39.8 Å². The first-order chi connectivity index (χ1) is 6.82. The number of rotatable bonds is 1. The molecule has 0 saturated heterocycles. The highest BCUT2D eigenvalue weighted by Gasteiger charge is 2.24. The van der Waals surface area contributed by atoms with Crippen LogP contribution in [0.25, 0.3) is 0 Å². The molecule has 15 heavy (non-hydrogen) atoms. The lowest BCUT2D eigenvalue weighted by Crippen LogP contribution is -2.25. The molecule has 0 amide bonds. The Morgan fingerprint density at radius 2 is 1.93 bits per heavy atom. The van der Waals surface area contributed by atoms with E-state index in [1.165, 1.54) is 0 Å². The summed E-state index contributed by atoms with van der Waals surface area (Å²) >= 11 is 5.95. The summed E-state index contributed by atoms with van der Waals surface area (Å²) in [5, 5.41) is 0.465. The van der Waals surface area contributed by atoms with Gasteiger partial charge in [-0.25, -0.2) is 0 Å². The molecule has 0 saturated carbocycles. The Balaban J connectivity index is 2.95. The fraction of sp³-hybridized carbons (Fsp3) is 0.417. The van der Waals surface area contributed by atoms with Crippen LogP contribution >= 0.6 is 11.6 Å². The van der Waals surface area contributed by atoms with Crippen LogP contribution in [0.5, 0.6) is 5.75 Å². The Bertz CT molecular complexity index is 357. The largest absolute Gasteiger partial charge is 0.424 e. The van der Waals surface area contributed by atoms with Crippen molar-refractivity contribution in [3.05, 3.63) is 28.8 Å². The number of aryl methyl sites for hydroxylation is 1. The minimum absolute atomic E-state index is 0.279. The van der Waals surface area contributed by atoms with Crippen molar-refractivity contribution in [2.75, 3.05) is 0 Å². The third-order valence-electron chi connectivity index (χ3n) is 1.97. The molecule has 0 atom stereocenters. The van der Waals surface area contributed by atoms with E-state index in [-0.39, 0.29) is 5.97 Å². The normalized spacial score (nSPS) is 11.3. The summed E-state index contributed by atoms with van der Waals surface area (Å²) in [5.74, 6) is 0.179. The van der Waals surface area contributed by atoms with Crippen molar-refractivity contribution < 1.29 is 9.53 Å². The predicted molar refractivity (Wildman–Crippen MR) is 61.3 cm³/mol. The van der Waals surface area contributed by atoms with Crippen LogP contribution in [-0.4, -0.2) is 5.97 Å². The van der Waals surface area contributed by atoms with Gasteiger partial charge in [0, 0.05) is 0 Å². The molecule has 2 nitrogen and oxygen atoms in total. The minimum Gasteiger partial charge on any atom is -0.424 e. The molecule has 0 aliphatic rings. The van der Waals surface area contributed by atoms with E-state index in [2.05, 4.69) is 0 Å². The molecule has 1 aromatic rings. The fourth-order valence-electron chi connectivity index (χ4n) is 0.992. The summed E-state index contributed by atoms with van der Waals surface area (Å²) in [5.41, 5.74) is 0.339. The van der Waals surface area contributed by atoms with Crippen LogP contribution in [0, 0.1) is 12.3 Å². The second-order valence-electron chi connectivity index (χ2n) is 4.53. The van der Waals surface area contributed by atoms with Crippen LogP contribution in [0.2, 0.25) is 5.02 Å². The average Bonchev–Trinajstić information content (AvgIpc) is 2.09. The minimum atomic E-state index is -0.522. The molecule has 0 bridgehead atoms. The summed E-state index contributed by atoms with van der Waals surface area (Å²) in [7, 11) is 0. The summed E-state index contributed by atoms with van der Waals surface area (Å²) in [6, 6.07) is 5.39. The first-order valence-corrected chi connectivity index (χ1v) is 5.17. The van der Waals surface area contributed by atoms with Crippen LogP contribution < -0.4 is 4.74 Å². The number of para-hydroxylation sites is 1. The Morgan fingerprint density at radius 1 is 1.33 bits per heavy atom. The topological polar surface area (TPSA) is 26.3 Å². The van der Waals surface area contributed by atoms with Gasteiger partial charge in [0.05, 0.1) is 10.4 Å². The molecule has 0 N–H and O–H groups in total. The zero-order valence-electron chi connectivity index (χ0n) is 9.43. The molecule has 1 rings (SSSR count). The molecule has 1 aromatic carbocycles. The molecule has 0 unspecified atom stereocenters. The van der Waals surface area contributed by atoms with Gasteiger partial charge in [-0.3, -0.25) is 4.79 Å². The van der Waals surface area contributed by atoms with E-state index >= 15 is 0 Å². The second kappa shape index (κ2) is 4.23. The number of benzene rings is 1. The standard InChI is InChI=1S/C12H15ClO2/c1-8-6-5-7-9(13)10(8)15-11(14)12(2,3)4/h5-7H,1-4H3. The van der Waals surface area contributed by atoms with E-state index in [0.29, 0.717) is 10.8 Å². The first kappa shape index (κ1) is 12.1. The maximum absolute atomic E-state index is 11.7. The van der Waals surface area contributed by atoms with Crippen LogP contribution in [0.3, 0.4) is 0 Å². The lowest BCUT2D eigenvalue weighted by molar-refractivity contribution is -0.143. The van der Waals surface area contributed by atoms with Crippen LogP contribution in [0.15, 0.2) is 18.2 Å². The van der Waals surface area contributed by atoms with Crippen molar-refractivity contribution in [1.82, 2.24) is 0 Å². The van der Waals surface area contributed by atoms with Gasteiger partial charge in [-0.2, -0.15) is 0 Å². The first-order valence-electron chi connectivity index (χ1n) is 4.80. The highest BCUT2D eigenvalue weighted by molar-refractivity contribution is 6.32. The summed E-state index contributed by atoms with van der Waals surface area (Å²) in [4.78, 5) is 11.7. The zero-order chi connectivity index (χ0) is 11.6. The molecule has 0 heterocycles. The van der Waals surface area contributed by atoms with E-state index in [9.17, 15) is 4.79 Å². The fourth-order valence-corrected chi connectivity index (χ4v) is 1.25. The maximum Gasteiger partial charge on any atom is 0.316 e. The third-order valence-corrected chi connectivity index (χ3v) is 2.27. The Hall–Kier alpha value is -1.02. The number of carbonyl (C=O) groups excluding carboxylic acids is 1. The Kier molecular flexibility index (Phi) is 3.40. The Morgan fingerprint density at radius 3 is 2.40 bits per heavy atom. The number of hydrogen-bond acceptors (Lipinski definition) is 2. The van der Waals surface area contributed by atoms with Gasteiger partial charge in [0.25, 0.3) is 0 Å². The Labute approximate surface area is 95.2 Å². The van der Waals surface area contributed by atoms with Crippen molar-refractivity contribution in [3.63, 3.8) is 0 Å². The number of halogens is 1. The van der Waals surface area contributed by atoms with Gasteiger partial charge in [0.2, 0.25) is 0 Å². The van der Waals surface area contributed by atoms with Crippen molar-refractivity contribution in [2.24, 2.45) is 5.41 Å². The van der Waals surface area contributed by atoms with Gasteiger partial charge in [0.1, 0.15) is 0 Å². The van der Waals surface area contributed by atoms with Crippen molar-refractivity contribution >= 4 is 17.6 Å². The third kappa shape index (κ3) is 2.96. The van der Waals surface area contributed by atoms with Gasteiger partial charge in [-0.15, -0.1) is 0 Å². The van der Waals surface area contributed by atoms with Gasteiger partial charge < -0.3 is 4.74 Å². The van der Waals surface area contributed by atoms with Gasteiger partial charge >= 0.3 is 5.97 Å². The molecule has 3 heteroatoms. The number of hydrogen-bond donors (Lipinski definition) is 0. The molecule has 0 aliphatic heterocycles. The van der Waals surface area contributed by atoms with E-state index < -0.39 is 5.41 Å². The van der Waals surface area contributed by atoms with E-state index in [0.717, 1.165) is 5.56 Å². The van der Waals surface area contributed by atoms with Gasteiger partial charge in [-0.1, -0.05) is 23.7 Å². The molecule has 0 aliphatic carbocycles. The molecule has 0 aromatic heterocycles. The maximum atomic E-state index is 11.7. The van der Waals surface area contributed by atoms with Crippen LogP contribution in [0.1, 0.15) is 26.3 Å². The molecular formula is C12H15ClO2. The predicted octanol–water partition coefficient (Wildman–Crippen LogP) is 3.60. The van der Waals surface area contributed by atoms with Crippen molar-refractivity contribution in [3.8, 4) is 5.75 Å². The summed E-state index contributed by atoms with van der Waals surface area (Å²) in [6.07, 6.45) is 0. The van der Waals surface area contributed by atoms with E-state index in [4.69, 9.17) is 16.3 Å². The van der Waals surface area contributed by atoms with Gasteiger partial charge in [-0.05, 0) is 39.3 Å². The van der Waals surface area contributed by atoms with Crippen LogP contribution in [-0.2, 0) is 4.79 Å². The molecule has 0 fully saturated rings. The summed E-state index contributed by atoms with van der Waals surface area (Å²) in [6.45, 7) is 7.28. The number of ether oxygens (including phenoxy) is 1. The number of carbonyl (C=O) groups is 1. The average molecular weight is 227 g/mol. The van der Waals surface area contributed by atoms with E-state index in [1.54, 1.807) is 6.07 Å². The zero-order valence-corrected chi connectivity index (χ0v) is 10.2. The molecule has 0 radical (unpaired) electrons. The summed E-state index contributed by atoms with van der Waals surface area (Å²) < 4.78 is 5.27. The highest BCUT2D eigenvalue weighted by atomic mass is 35.5. The second-order valence-corrected chi connectivity index (χ2v) is 4.93. The SMILES string of the molecule is Cc1cccc(Cl)c1OC(=O)C(C)(C)C. The molecule has 0 spiro atoms. The van der Waals surface area contributed by atoms with Gasteiger partial charge in [0.15, 0.2) is 5.75 Å². The highest BCUT2D eigenvalue weighted by Crippen LogP contribution is 2.30. The molecule has 82 valence electrons. The lowest BCUT2D eigenvalue weighted by atomic mass is 9.97.